The van der Waals surface area contributed by atoms with Gasteiger partial charge in [0.05, 0.1) is 6.10 Å². The molecule has 0 bridgehead atoms. The van der Waals surface area contributed by atoms with Crippen LogP contribution in [-0.4, -0.2) is 20.2 Å². The van der Waals surface area contributed by atoms with Crippen molar-refractivity contribution < 1.29 is 9.22 Å². The Morgan fingerprint density at radius 1 is 0.966 bits per heavy atom. The minimum Gasteiger partial charge on any atom is -0.413 e. The van der Waals surface area contributed by atoms with Crippen molar-refractivity contribution in [1.82, 2.24) is 0 Å². The molecule has 0 saturated heterocycles. The maximum Gasteiger partial charge on any atom is 0.192 e. The molecule has 4 aliphatic rings. The SMILES string of the molecule is CC1CC(=O)CC2CCC3C4CCC(O[Si](C)(C)C(C)(C)C)C4(C)CCC3C12C. The van der Waals surface area contributed by atoms with E-state index < -0.39 is 8.32 Å². The lowest BCUT2D eigenvalue weighted by Gasteiger charge is -2.62. The summed E-state index contributed by atoms with van der Waals surface area (Å²) in [6, 6.07) is 0. The van der Waals surface area contributed by atoms with E-state index in [-0.39, 0.29) is 5.04 Å². The van der Waals surface area contributed by atoms with Gasteiger partial charge < -0.3 is 4.43 Å². The normalized spacial score (nSPS) is 48.1. The third-order valence-corrected chi connectivity index (χ3v) is 15.7. The number of carbonyl (C=O) groups excluding carboxylic acids is 1. The van der Waals surface area contributed by atoms with Crippen molar-refractivity contribution in [3.05, 3.63) is 0 Å². The molecule has 4 rings (SSSR count). The van der Waals surface area contributed by atoms with Gasteiger partial charge in [-0.3, -0.25) is 4.79 Å². The second-order valence-electron chi connectivity index (χ2n) is 13.4. The molecule has 0 heterocycles. The van der Waals surface area contributed by atoms with Crippen molar-refractivity contribution in [3.8, 4) is 0 Å². The van der Waals surface area contributed by atoms with Crippen LogP contribution in [0.25, 0.3) is 0 Å². The molecule has 0 amide bonds. The highest BCUT2D eigenvalue weighted by Gasteiger charge is 2.62. The Bertz CT molecular complexity index is 664. The molecule has 0 aliphatic heterocycles. The molecule has 29 heavy (non-hydrogen) atoms. The standard InChI is InChI=1S/C26H46O2Si/c1-17-15-19(27)16-18-9-10-20-21-11-12-23(28-29(7,8)24(2,3)4)25(21,5)14-13-22(20)26(17,18)6/h17-18,20-23H,9-16H2,1-8H3. The summed E-state index contributed by atoms with van der Waals surface area (Å²) >= 11 is 0. The van der Waals surface area contributed by atoms with E-state index >= 15 is 0 Å². The van der Waals surface area contributed by atoms with Gasteiger partial charge in [0, 0.05) is 12.8 Å². The number of fused-ring (bicyclic) bond motifs is 5. The van der Waals surface area contributed by atoms with Gasteiger partial charge in [-0.15, -0.1) is 0 Å². The van der Waals surface area contributed by atoms with E-state index in [1.54, 1.807) is 0 Å². The molecule has 0 aromatic carbocycles. The van der Waals surface area contributed by atoms with Gasteiger partial charge in [-0.05, 0) is 97.1 Å². The van der Waals surface area contributed by atoms with Crippen molar-refractivity contribution in [2.45, 2.75) is 117 Å². The lowest BCUT2D eigenvalue weighted by atomic mass is 9.43. The van der Waals surface area contributed by atoms with E-state index in [1.807, 2.05) is 0 Å². The summed E-state index contributed by atoms with van der Waals surface area (Å²) in [4.78, 5) is 12.3. The molecule has 4 saturated carbocycles. The fourth-order valence-electron chi connectivity index (χ4n) is 8.16. The van der Waals surface area contributed by atoms with Gasteiger partial charge in [-0.1, -0.05) is 41.5 Å². The summed E-state index contributed by atoms with van der Waals surface area (Å²) in [7, 11) is -1.74. The van der Waals surface area contributed by atoms with Gasteiger partial charge in [0.2, 0.25) is 0 Å². The Morgan fingerprint density at radius 3 is 2.31 bits per heavy atom. The van der Waals surface area contributed by atoms with Crippen LogP contribution in [0, 0.1) is 40.4 Å². The number of carbonyl (C=O) groups is 1. The molecular formula is C26H46O2Si. The zero-order chi connectivity index (χ0) is 21.4. The Kier molecular flexibility index (Phi) is 5.26. The van der Waals surface area contributed by atoms with Crippen LogP contribution in [0.5, 0.6) is 0 Å². The zero-order valence-electron chi connectivity index (χ0n) is 20.4. The first-order chi connectivity index (χ1) is 13.3. The monoisotopic (exact) mass is 418 g/mol. The molecule has 3 heteroatoms. The fraction of sp³-hybridized carbons (Fsp3) is 0.962. The molecule has 166 valence electrons. The Labute approximate surface area is 181 Å². The van der Waals surface area contributed by atoms with Gasteiger partial charge in [-0.2, -0.15) is 0 Å². The predicted octanol–water partition coefficient (Wildman–Crippen LogP) is 7.23. The van der Waals surface area contributed by atoms with Crippen LogP contribution in [-0.2, 0) is 9.22 Å². The molecule has 0 radical (unpaired) electrons. The summed E-state index contributed by atoms with van der Waals surface area (Å²) in [6.45, 7) is 19.5. The first-order valence-electron chi connectivity index (χ1n) is 12.5. The van der Waals surface area contributed by atoms with Crippen LogP contribution in [0.15, 0.2) is 0 Å². The molecule has 0 aromatic rings. The minimum atomic E-state index is -1.74. The highest BCUT2D eigenvalue weighted by Crippen LogP contribution is 2.67. The number of ketones is 1. The summed E-state index contributed by atoms with van der Waals surface area (Å²) in [5, 5.41) is 0.286. The third-order valence-electron chi connectivity index (χ3n) is 11.2. The molecule has 0 aromatic heterocycles. The first-order valence-corrected chi connectivity index (χ1v) is 15.4. The lowest BCUT2D eigenvalue weighted by molar-refractivity contribution is -0.154. The van der Waals surface area contributed by atoms with E-state index in [1.165, 1.54) is 38.5 Å². The smallest absolute Gasteiger partial charge is 0.192 e. The maximum absolute atomic E-state index is 12.3. The predicted molar refractivity (Wildman–Crippen MR) is 123 cm³/mol. The molecule has 0 N–H and O–H groups in total. The average Bonchev–Trinajstić information content (AvgIpc) is 2.91. The van der Waals surface area contributed by atoms with Gasteiger partial charge in [0.25, 0.3) is 0 Å². The van der Waals surface area contributed by atoms with Crippen molar-refractivity contribution in [3.63, 3.8) is 0 Å². The second kappa shape index (κ2) is 6.92. The van der Waals surface area contributed by atoms with Crippen molar-refractivity contribution in [1.29, 1.82) is 0 Å². The van der Waals surface area contributed by atoms with Crippen LogP contribution < -0.4 is 0 Å². The quantitative estimate of drug-likeness (QED) is 0.442. The Hall–Kier alpha value is -0.153. The van der Waals surface area contributed by atoms with E-state index in [4.69, 9.17) is 4.43 Å². The first kappa shape index (κ1) is 22.1. The van der Waals surface area contributed by atoms with E-state index in [0.717, 1.165) is 30.6 Å². The van der Waals surface area contributed by atoms with Crippen LogP contribution in [0.1, 0.15) is 92.9 Å². The van der Waals surface area contributed by atoms with E-state index in [2.05, 4.69) is 54.6 Å². The van der Waals surface area contributed by atoms with Gasteiger partial charge >= 0.3 is 0 Å². The van der Waals surface area contributed by atoms with Crippen LogP contribution >= 0.6 is 0 Å². The third kappa shape index (κ3) is 3.23. The molecule has 8 atom stereocenters. The van der Waals surface area contributed by atoms with Gasteiger partial charge in [0.15, 0.2) is 8.32 Å². The van der Waals surface area contributed by atoms with Gasteiger partial charge in [0.1, 0.15) is 5.78 Å². The van der Waals surface area contributed by atoms with Crippen molar-refractivity contribution in [2.75, 3.05) is 0 Å². The van der Waals surface area contributed by atoms with Crippen molar-refractivity contribution >= 4 is 14.1 Å². The van der Waals surface area contributed by atoms with E-state index in [9.17, 15) is 4.79 Å². The van der Waals surface area contributed by atoms with Crippen molar-refractivity contribution in [2.24, 2.45) is 40.4 Å². The fourth-order valence-corrected chi connectivity index (χ4v) is 9.61. The summed E-state index contributed by atoms with van der Waals surface area (Å²) in [5.74, 6) is 4.26. The van der Waals surface area contributed by atoms with Gasteiger partial charge in [-0.25, -0.2) is 0 Å². The summed E-state index contributed by atoms with van der Waals surface area (Å²) < 4.78 is 7.08. The molecule has 4 aliphatic carbocycles. The maximum atomic E-state index is 12.3. The average molecular weight is 419 g/mol. The summed E-state index contributed by atoms with van der Waals surface area (Å²) in [6.07, 6.45) is 10.1. The molecule has 2 nitrogen and oxygen atoms in total. The molecule has 8 unspecified atom stereocenters. The topological polar surface area (TPSA) is 26.3 Å². The Morgan fingerprint density at radius 2 is 1.66 bits per heavy atom. The van der Waals surface area contributed by atoms with E-state index in [0.29, 0.717) is 34.6 Å². The van der Waals surface area contributed by atoms with Crippen LogP contribution in [0.4, 0.5) is 0 Å². The minimum absolute atomic E-state index is 0.286. The molecular weight excluding hydrogens is 372 g/mol. The van der Waals surface area contributed by atoms with Crippen LogP contribution in [0.3, 0.4) is 0 Å². The lowest BCUT2D eigenvalue weighted by Crippen LogP contribution is -2.57. The highest BCUT2D eigenvalue weighted by molar-refractivity contribution is 6.74. The largest absolute Gasteiger partial charge is 0.413 e. The highest BCUT2D eigenvalue weighted by atomic mass is 28.4. The second-order valence-corrected chi connectivity index (χ2v) is 18.1. The van der Waals surface area contributed by atoms with Crippen LogP contribution in [0.2, 0.25) is 18.1 Å². The summed E-state index contributed by atoms with van der Waals surface area (Å²) in [5.41, 5.74) is 0.754. The number of Topliss-reactive ketones (excluding diaryl/α,β-unsaturated/α-hetero) is 1. The Balaban J connectivity index is 1.57. The number of hydrogen-bond acceptors (Lipinski definition) is 2. The number of rotatable bonds is 2. The molecule has 0 spiro atoms. The number of hydrogen-bond donors (Lipinski definition) is 0. The zero-order valence-corrected chi connectivity index (χ0v) is 21.4. The molecule has 4 fully saturated rings.